The number of pyridine rings is 1. The number of hydrogen-bond acceptors (Lipinski definition) is 3. The summed E-state index contributed by atoms with van der Waals surface area (Å²) in [4.78, 5) is 16.3. The molecule has 1 aliphatic rings. The summed E-state index contributed by atoms with van der Waals surface area (Å²) in [6.45, 7) is 0. The zero-order valence-corrected chi connectivity index (χ0v) is 16.4. The van der Waals surface area contributed by atoms with Gasteiger partial charge in [0.25, 0.3) is 0 Å². The van der Waals surface area contributed by atoms with Crippen LogP contribution in [0.25, 0.3) is 17.2 Å². The Kier molecular flexibility index (Phi) is 5.02. The van der Waals surface area contributed by atoms with Gasteiger partial charge in [0.05, 0.1) is 17.9 Å². The minimum atomic E-state index is -0.460. The van der Waals surface area contributed by atoms with Crippen LogP contribution in [-0.2, 0) is 4.79 Å². The minimum Gasteiger partial charge on any atom is -0.320 e. The smallest absolute Gasteiger partial charge is 0.248 e. The van der Waals surface area contributed by atoms with Crippen LogP contribution in [0.5, 0.6) is 0 Å². The number of nitrogens with one attached hydrogen (secondary N) is 1. The van der Waals surface area contributed by atoms with Crippen molar-refractivity contribution in [1.82, 2.24) is 14.8 Å². The Balaban J connectivity index is 1.52. The van der Waals surface area contributed by atoms with Crippen molar-refractivity contribution in [3.05, 3.63) is 70.1 Å². The van der Waals surface area contributed by atoms with Crippen molar-refractivity contribution in [2.24, 2.45) is 0 Å². The molecule has 1 aromatic carbocycles. The number of halogens is 2. The fourth-order valence-corrected chi connectivity index (χ4v) is 3.20. The Morgan fingerprint density at radius 1 is 1.30 bits per heavy atom. The second kappa shape index (κ2) is 7.59. The van der Waals surface area contributed by atoms with Crippen LogP contribution in [0.2, 0.25) is 0 Å². The van der Waals surface area contributed by atoms with Crippen molar-refractivity contribution in [1.29, 1.82) is 0 Å². The number of nitrogens with zero attached hydrogens (tertiary/aromatic N) is 3. The summed E-state index contributed by atoms with van der Waals surface area (Å²) in [6, 6.07) is 7.06. The Labute approximate surface area is 169 Å². The SMILES string of the molecule is O=C(/C=C/c1cnccc1-c1cnn(C2CC2)c1)Nc1ccc(I)cc1F. The van der Waals surface area contributed by atoms with Crippen molar-refractivity contribution >= 4 is 40.3 Å². The Bertz CT molecular complexity index is 1030. The van der Waals surface area contributed by atoms with Crippen LogP contribution in [-0.4, -0.2) is 20.7 Å². The molecule has 4 rings (SSSR count). The van der Waals surface area contributed by atoms with Gasteiger partial charge < -0.3 is 5.32 Å². The van der Waals surface area contributed by atoms with Gasteiger partial charge in [-0.15, -0.1) is 0 Å². The maximum Gasteiger partial charge on any atom is 0.248 e. The van der Waals surface area contributed by atoms with Gasteiger partial charge in [0.1, 0.15) is 5.82 Å². The lowest BCUT2D eigenvalue weighted by Gasteiger charge is -2.05. The molecule has 1 amide bonds. The van der Waals surface area contributed by atoms with Gasteiger partial charge in [0.2, 0.25) is 5.91 Å². The average molecular weight is 474 g/mol. The largest absolute Gasteiger partial charge is 0.320 e. The monoisotopic (exact) mass is 474 g/mol. The van der Waals surface area contributed by atoms with Crippen molar-refractivity contribution in [3.63, 3.8) is 0 Å². The summed E-state index contributed by atoms with van der Waals surface area (Å²) in [6.07, 6.45) is 12.6. The molecule has 0 aliphatic heterocycles. The van der Waals surface area contributed by atoms with E-state index >= 15 is 0 Å². The lowest BCUT2D eigenvalue weighted by molar-refractivity contribution is -0.111. The molecule has 7 heteroatoms. The number of amides is 1. The number of rotatable bonds is 5. The molecule has 5 nitrogen and oxygen atoms in total. The summed E-state index contributed by atoms with van der Waals surface area (Å²) in [7, 11) is 0. The summed E-state index contributed by atoms with van der Waals surface area (Å²) in [5.74, 6) is -0.864. The molecule has 0 spiro atoms. The van der Waals surface area contributed by atoms with Crippen molar-refractivity contribution in [3.8, 4) is 11.1 Å². The van der Waals surface area contributed by atoms with Gasteiger partial charge in [-0.05, 0) is 71.3 Å². The van der Waals surface area contributed by atoms with Crippen molar-refractivity contribution in [2.45, 2.75) is 18.9 Å². The van der Waals surface area contributed by atoms with Gasteiger partial charge >= 0.3 is 0 Å². The lowest BCUT2D eigenvalue weighted by Crippen LogP contribution is -2.09. The van der Waals surface area contributed by atoms with E-state index in [4.69, 9.17) is 0 Å². The third-order valence-electron chi connectivity index (χ3n) is 4.29. The molecule has 1 saturated carbocycles. The second-order valence-electron chi connectivity index (χ2n) is 6.35. The highest BCUT2D eigenvalue weighted by molar-refractivity contribution is 14.1. The lowest BCUT2D eigenvalue weighted by atomic mass is 10.0. The Morgan fingerprint density at radius 3 is 2.93 bits per heavy atom. The van der Waals surface area contributed by atoms with Crippen LogP contribution in [0.1, 0.15) is 24.4 Å². The van der Waals surface area contributed by atoms with Gasteiger partial charge in [0, 0.05) is 39.4 Å². The first-order chi connectivity index (χ1) is 13.1. The van der Waals surface area contributed by atoms with Crippen LogP contribution in [0.4, 0.5) is 10.1 Å². The summed E-state index contributed by atoms with van der Waals surface area (Å²) in [5, 5.41) is 6.97. The number of aromatic nitrogens is 3. The van der Waals surface area contributed by atoms with Crippen LogP contribution < -0.4 is 5.32 Å². The van der Waals surface area contributed by atoms with Gasteiger partial charge in [0.15, 0.2) is 0 Å². The van der Waals surface area contributed by atoms with Gasteiger partial charge in [-0.1, -0.05) is 0 Å². The third kappa shape index (κ3) is 4.24. The first-order valence-corrected chi connectivity index (χ1v) is 9.61. The molecule has 2 aromatic heterocycles. The zero-order chi connectivity index (χ0) is 18.8. The average Bonchev–Trinajstić information content (AvgIpc) is 3.40. The predicted octanol–water partition coefficient (Wildman–Crippen LogP) is 4.68. The summed E-state index contributed by atoms with van der Waals surface area (Å²) < 4.78 is 16.6. The van der Waals surface area contributed by atoms with Crippen LogP contribution in [0.3, 0.4) is 0 Å². The van der Waals surface area contributed by atoms with Crippen LogP contribution in [0.15, 0.2) is 55.1 Å². The van der Waals surface area contributed by atoms with E-state index in [-0.39, 0.29) is 5.69 Å². The van der Waals surface area contributed by atoms with Crippen molar-refractivity contribution in [2.75, 3.05) is 5.32 Å². The standard InChI is InChI=1S/C20H16FIN4O/c21-18-9-15(22)2-5-19(18)25-20(27)6-1-13-10-23-8-7-17(13)14-11-24-26(12-14)16-3-4-16/h1-2,5-12,16H,3-4H2,(H,25,27)/b6-1+. The molecular formula is C20H16FIN4O. The van der Waals surface area contributed by atoms with E-state index in [0.29, 0.717) is 6.04 Å². The van der Waals surface area contributed by atoms with E-state index in [1.165, 1.54) is 25.0 Å². The second-order valence-corrected chi connectivity index (χ2v) is 7.60. The quantitative estimate of drug-likeness (QED) is 0.432. The molecule has 1 N–H and O–H groups in total. The normalized spacial score (nSPS) is 13.9. The van der Waals surface area contributed by atoms with Gasteiger partial charge in [-0.2, -0.15) is 5.10 Å². The van der Waals surface area contributed by atoms with Crippen molar-refractivity contribution < 1.29 is 9.18 Å². The molecule has 0 bridgehead atoms. The highest BCUT2D eigenvalue weighted by Gasteiger charge is 2.24. The summed E-state index contributed by atoms with van der Waals surface area (Å²) >= 11 is 2.02. The molecule has 0 saturated heterocycles. The molecule has 27 heavy (non-hydrogen) atoms. The zero-order valence-electron chi connectivity index (χ0n) is 14.3. The highest BCUT2D eigenvalue weighted by atomic mass is 127. The van der Waals surface area contributed by atoms with Crippen LogP contribution >= 0.6 is 22.6 Å². The molecule has 1 aliphatic carbocycles. The minimum absolute atomic E-state index is 0.155. The summed E-state index contributed by atoms with van der Waals surface area (Å²) in [5.41, 5.74) is 2.88. The molecule has 0 unspecified atom stereocenters. The molecule has 1 fully saturated rings. The fourth-order valence-electron chi connectivity index (χ4n) is 2.75. The maximum atomic E-state index is 13.9. The van der Waals surface area contributed by atoms with Gasteiger partial charge in [-0.25, -0.2) is 4.39 Å². The highest BCUT2D eigenvalue weighted by Crippen LogP contribution is 2.35. The number of hydrogen-bond donors (Lipinski definition) is 1. The molecule has 3 aromatic rings. The number of anilines is 1. The van der Waals surface area contributed by atoms with E-state index in [1.807, 2.05) is 45.7 Å². The molecule has 2 heterocycles. The van der Waals surface area contributed by atoms with E-state index in [0.717, 1.165) is 20.3 Å². The Hall–Kier alpha value is -2.55. The van der Waals surface area contributed by atoms with E-state index in [2.05, 4.69) is 15.4 Å². The van der Waals surface area contributed by atoms with E-state index in [9.17, 15) is 9.18 Å². The molecular weight excluding hydrogens is 458 g/mol. The maximum absolute atomic E-state index is 13.9. The van der Waals surface area contributed by atoms with E-state index < -0.39 is 11.7 Å². The molecule has 0 radical (unpaired) electrons. The van der Waals surface area contributed by atoms with E-state index in [1.54, 1.807) is 30.6 Å². The number of carbonyl (C=O) groups is 1. The number of carbonyl (C=O) groups excluding carboxylic acids is 1. The third-order valence-corrected chi connectivity index (χ3v) is 4.96. The molecule has 136 valence electrons. The first-order valence-electron chi connectivity index (χ1n) is 8.53. The first kappa shape index (κ1) is 17.8. The van der Waals surface area contributed by atoms with Gasteiger partial charge in [-0.3, -0.25) is 14.5 Å². The van der Waals surface area contributed by atoms with Crippen LogP contribution in [0, 0.1) is 9.39 Å². The topological polar surface area (TPSA) is 59.8 Å². The number of benzene rings is 1. The predicted molar refractivity (Wildman–Crippen MR) is 111 cm³/mol. The molecule has 0 atom stereocenters. The fraction of sp³-hybridized carbons (Fsp3) is 0.150. The Morgan fingerprint density at radius 2 is 2.15 bits per heavy atom.